The average Bonchev–Trinajstić information content (AvgIpc) is 3.05. The number of esters is 1. The number of aromatic nitrogens is 2. The van der Waals surface area contributed by atoms with Crippen LogP contribution in [0.2, 0.25) is 0 Å². The molecule has 3 rings (SSSR count). The Hall–Kier alpha value is -3.05. The first-order valence-corrected chi connectivity index (χ1v) is 11.2. The Bertz CT molecular complexity index is 1180. The van der Waals surface area contributed by atoms with Crippen molar-refractivity contribution in [3.8, 4) is 5.75 Å². The molecule has 2 aromatic carbocycles. The molecule has 0 atom stereocenters. The van der Waals surface area contributed by atoms with Gasteiger partial charge in [0, 0.05) is 11.9 Å². The number of halogens is 2. The van der Waals surface area contributed by atoms with Gasteiger partial charge in [0.2, 0.25) is 10.0 Å². The number of benzene rings is 2. The fraction of sp³-hybridized carbons (Fsp3) is 0.300. The van der Waals surface area contributed by atoms with E-state index in [1.165, 1.54) is 12.1 Å². The molecule has 11 heteroatoms. The van der Waals surface area contributed by atoms with Gasteiger partial charge in [-0.3, -0.25) is 4.68 Å². The van der Waals surface area contributed by atoms with E-state index in [0.717, 1.165) is 11.8 Å². The molecule has 1 heterocycles. The van der Waals surface area contributed by atoms with Gasteiger partial charge in [-0.1, -0.05) is 18.2 Å². The maximum atomic E-state index is 12.3. The largest absolute Gasteiger partial charge is 0.461 e. The summed E-state index contributed by atoms with van der Waals surface area (Å²) in [4.78, 5) is 12.3. The van der Waals surface area contributed by atoms with Crippen LogP contribution in [0.3, 0.4) is 0 Å². The second kappa shape index (κ2) is 9.40. The van der Waals surface area contributed by atoms with Crippen molar-refractivity contribution < 1.29 is 31.5 Å². The van der Waals surface area contributed by atoms with Gasteiger partial charge in [-0.15, -0.1) is 0 Å². The van der Waals surface area contributed by atoms with E-state index >= 15 is 0 Å². The number of nitrogens with zero attached hydrogens (tertiary/aromatic N) is 2. The van der Waals surface area contributed by atoms with Crippen LogP contribution < -0.4 is 9.46 Å². The van der Waals surface area contributed by atoms with E-state index < -0.39 is 22.6 Å². The smallest absolute Gasteiger partial charge is 0.387 e. The van der Waals surface area contributed by atoms with E-state index in [2.05, 4.69) is 14.6 Å². The molecule has 0 amide bonds. The van der Waals surface area contributed by atoms with Gasteiger partial charge in [0.15, 0.2) is 5.69 Å². The van der Waals surface area contributed by atoms with Gasteiger partial charge in [0.1, 0.15) is 5.75 Å². The van der Waals surface area contributed by atoms with E-state index in [9.17, 15) is 22.0 Å². The standard InChI is InChI=1S/C20H21F2N3O5S/c1-3-29-19(26)18-16-9-6-14(11-23-31(2,27)28)10-17(16)25(24-18)12-13-4-7-15(8-5-13)30-20(21)22/h4-10,20,23H,3,11-12H2,1-2H3. The Morgan fingerprint density at radius 3 is 2.45 bits per heavy atom. The Balaban J connectivity index is 1.96. The zero-order valence-corrected chi connectivity index (χ0v) is 17.7. The van der Waals surface area contributed by atoms with Gasteiger partial charge in [0.05, 0.1) is 24.9 Å². The van der Waals surface area contributed by atoms with Crippen molar-refractivity contribution in [1.29, 1.82) is 0 Å². The molecular formula is C20H21F2N3O5S. The molecule has 0 bridgehead atoms. The predicted octanol–water partition coefficient (Wildman–Crippen LogP) is 2.91. The van der Waals surface area contributed by atoms with Crippen molar-refractivity contribution in [2.45, 2.75) is 26.6 Å². The lowest BCUT2D eigenvalue weighted by Crippen LogP contribution is -2.21. The van der Waals surface area contributed by atoms with Gasteiger partial charge < -0.3 is 9.47 Å². The third-order valence-electron chi connectivity index (χ3n) is 4.30. The number of alkyl halides is 2. The molecule has 0 aliphatic carbocycles. The number of fused-ring (bicyclic) bond motifs is 1. The zero-order valence-electron chi connectivity index (χ0n) is 16.8. The molecule has 0 unspecified atom stereocenters. The second-order valence-corrected chi connectivity index (χ2v) is 8.53. The molecule has 1 N–H and O–H groups in total. The first kappa shape index (κ1) is 22.6. The molecule has 3 aromatic rings. The summed E-state index contributed by atoms with van der Waals surface area (Å²) < 4.78 is 60.9. The maximum Gasteiger partial charge on any atom is 0.387 e. The van der Waals surface area contributed by atoms with Crippen molar-refractivity contribution in [1.82, 2.24) is 14.5 Å². The minimum absolute atomic E-state index is 0.0328. The summed E-state index contributed by atoms with van der Waals surface area (Å²) in [5.74, 6) is -0.542. The summed E-state index contributed by atoms with van der Waals surface area (Å²) >= 11 is 0. The summed E-state index contributed by atoms with van der Waals surface area (Å²) in [6.45, 7) is -0.709. The number of nitrogens with one attached hydrogen (secondary N) is 1. The maximum absolute atomic E-state index is 12.3. The Labute approximate surface area is 177 Å². The Kier molecular flexibility index (Phi) is 6.86. The molecule has 0 aliphatic rings. The van der Waals surface area contributed by atoms with Crippen LogP contribution in [-0.4, -0.2) is 43.6 Å². The van der Waals surface area contributed by atoms with E-state index in [0.29, 0.717) is 16.5 Å². The Morgan fingerprint density at radius 1 is 1.16 bits per heavy atom. The third-order valence-corrected chi connectivity index (χ3v) is 4.97. The lowest BCUT2D eigenvalue weighted by Gasteiger charge is -2.08. The van der Waals surface area contributed by atoms with Crippen molar-refractivity contribution in [3.05, 3.63) is 59.3 Å². The molecule has 1 aromatic heterocycles. The molecule has 0 radical (unpaired) electrons. The van der Waals surface area contributed by atoms with Crippen molar-refractivity contribution in [3.63, 3.8) is 0 Å². The summed E-state index contributed by atoms with van der Waals surface area (Å²) in [7, 11) is -3.37. The van der Waals surface area contributed by atoms with Crippen LogP contribution in [-0.2, 0) is 27.8 Å². The fourth-order valence-corrected chi connectivity index (χ4v) is 3.39. The topological polar surface area (TPSA) is 99.5 Å². The highest BCUT2D eigenvalue weighted by atomic mass is 32.2. The van der Waals surface area contributed by atoms with Crippen LogP contribution in [0.15, 0.2) is 42.5 Å². The highest BCUT2D eigenvalue weighted by Crippen LogP contribution is 2.23. The minimum Gasteiger partial charge on any atom is -0.461 e. The summed E-state index contributed by atoms with van der Waals surface area (Å²) in [5.41, 5.74) is 2.15. The van der Waals surface area contributed by atoms with Crippen LogP contribution in [0.25, 0.3) is 10.9 Å². The SMILES string of the molecule is CCOC(=O)c1nn(Cc2ccc(OC(F)F)cc2)c2cc(CNS(C)(=O)=O)ccc12. The lowest BCUT2D eigenvalue weighted by molar-refractivity contribution is -0.0498. The van der Waals surface area contributed by atoms with Gasteiger partial charge in [-0.05, 0) is 42.3 Å². The molecule has 0 saturated heterocycles. The van der Waals surface area contributed by atoms with E-state index in [1.54, 1.807) is 41.9 Å². The molecule has 0 fully saturated rings. The third kappa shape index (κ3) is 5.98. The number of ether oxygens (including phenoxy) is 2. The lowest BCUT2D eigenvalue weighted by atomic mass is 10.1. The normalized spacial score (nSPS) is 11.8. The van der Waals surface area contributed by atoms with E-state index in [-0.39, 0.29) is 31.1 Å². The molecule has 0 saturated carbocycles. The van der Waals surface area contributed by atoms with Gasteiger partial charge in [-0.25, -0.2) is 17.9 Å². The number of carbonyl (C=O) groups is 1. The number of hydrogen-bond donors (Lipinski definition) is 1. The first-order chi connectivity index (χ1) is 14.7. The number of rotatable bonds is 9. The van der Waals surface area contributed by atoms with Crippen LogP contribution in [0, 0.1) is 0 Å². The highest BCUT2D eigenvalue weighted by Gasteiger charge is 2.19. The van der Waals surface area contributed by atoms with Crippen molar-refractivity contribution >= 4 is 26.9 Å². The number of hydrogen-bond acceptors (Lipinski definition) is 6. The quantitative estimate of drug-likeness (QED) is 0.500. The van der Waals surface area contributed by atoms with Gasteiger partial charge in [0.25, 0.3) is 0 Å². The highest BCUT2D eigenvalue weighted by molar-refractivity contribution is 7.88. The molecule has 31 heavy (non-hydrogen) atoms. The molecule has 166 valence electrons. The van der Waals surface area contributed by atoms with Crippen molar-refractivity contribution in [2.75, 3.05) is 12.9 Å². The molecule has 0 spiro atoms. The van der Waals surface area contributed by atoms with Crippen LogP contribution in [0.1, 0.15) is 28.5 Å². The number of sulfonamides is 1. The van der Waals surface area contributed by atoms with Crippen LogP contribution >= 0.6 is 0 Å². The van der Waals surface area contributed by atoms with Gasteiger partial charge >= 0.3 is 12.6 Å². The molecule has 0 aliphatic heterocycles. The van der Waals surface area contributed by atoms with E-state index in [1.807, 2.05) is 0 Å². The monoisotopic (exact) mass is 453 g/mol. The van der Waals surface area contributed by atoms with Gasteiger partial charge in [-0.2, -0.15) is 13.9 Å². The van der Waals surface area contributed by atoms with Crippen molar-refractivity contribution in [2.24, 2.45) is 0 Å². The first-order valence-electron chi connectivity index (χ1n) is 9.31. The minimum atomic E-state index is -3.37. The second-order valence-electron chi connectivity index (χ2n) is 6.69. The Morgan fingerprint density at radius 2 is 1.84 bits per heavy atom. The predicted molar refractivity (Wildman–Crippen MR) is 110 cm³/mol. The fourth-order valence-electron chi connectivity index (χ4n) is 2.96. The van der Waals surface area contributed by atoms with E-state index in [4.69, 9.17) is 4.74 Å². The summed E-state index contributed by atoms with van der Waals surface area (Å²) in [5, 5.41) is 4.93. The van der Waals surface area contributed by atoms with Crippen LogP contribution in [0.4, 0.5) is 8.78 Å². The average molecular weight is 453 g/mol. The van der Waals surface area contributed by atoms with Crippen LogP contribution in [0.5, 0.6) is 5.75 Å². The summed E-state index contributed by atoms with van der Waals surface area (Å²) in [6.07, 6.45) is 1.07. The number of carbonyl (C=O) groups excluding carboxylic acids is 1. The zero-order chi connectivity index (χ0) is 22.6. The molecule has 8 nitrogen and oxygen atoms in total. The summed E-state index contributed by atoms with van der Waals surface area (Å²) in [6, 6.07) is 11.2. The molecular weight excluding hydrogens is 432 g/mol.